The first-order chi connectivity index (χ1) is 16.3. The molecule has 1 N–H and O–H groups in total. The minimum absolute atomic E-state index is 0.306. The van der Waals surface area contributed by atoms with Crippen LogP contribution in [0.3, 0.4) is 0 Å². The second-order valence-electron chi connectivity index (χ2n) is 8.07. The molecule has 8 heteroatoms. The van der Waals surface area contributed by atoms with Crippen LogP contribution >= 0.6 is 0 Å². The molecule has 0 atom stereocenters. The lowest BCUT2D eigenvalue weighted by molar-refractivity contribution is 0.0903. The van der Waals surface area contributed by atoms with Gasteiger partial charge >= 0.3 is 0 Å². The molecule has 4 heterocycles. The summed E-state index contributed by atoms with van der Waals surface area (Å²) in [4.78, 5) is 14.3. The van der Waals surface area contributed by atoms with E-state index in [4.69, 9.17) is 23.9 Å². The van der Waals surface area contributed by atoms with E-state index in [2.05, 4.69) is 20.9 Å². The van der Waals surface area contributed by atoms with Crippen LogP contribution in [-0.4, -0.2) is 45.9 Å². The third kappa shape index (κ3) is 3.68. The highest BCUT2D eigenvalue weighted by Crippen LogP contribution is 2.32. The summed E-state index contributed by atoms with van der Waals surface area (Å²) in [6, 6.07) is 16.1. The second kappa shape index (κ2) is 8.22. The van der Waals surface area contributed by atoms with Crippen LogP contribution in [0.4, 0.5) is 5.95 Å². The van der Waals surface area contributed by atoms with Gasteiger partial charge in [0.1, 0.15) is 23.0 Å². The first-order valence-electron chi connectivity index (χ1n) is 11.0. The van der Waals surface area contributed by atoms with Gasteiger partial charge in [0.25, 0.3) is 0 Å². The molecule has 1 aliphatic rings. The molecular formula is C25H23N5O3. The Morgan fingerprint density at radius 1 is 1.03 bits per heavy atom. The van der Waals surface area contributed by atoms with Crippen LogP contribution < -0.4 is 10.1 Å². The van der Waals surface area contributed by atoms with Crippen molar-refractivity contribution in [1.29, 1.82) is 0 Å². The molecule has 2 aromatic carbocycles. The van der Waals surface area contributed by atoms with E-state index >= 15 is 0 Å². The summed E-state index contributed by atoms with van der Waals surface area (Å²) in [5.74, 6) is 2.89. The SMILES string of the molecule is COc1ccc2c(c1)nc(-c1ccc3occc3c1)n2-c1ccnc(NC2CCOCC2)n1. The lowest BCUT2D eigenvalue weighted by Gasteiger charge is -2.23. The first kappa shape index (κ1) is 19.8. The number of rotatable bonds is 5. The van der Waals surface area contributed by atoms with Crippen molar-refractivity contribution >= 4 is 28.0 Å². The average Bonchev–Trinajstić information content (AvgIpc) is 3.48. The molecule has 1 fully saturated rings. The van der Waals surface area contributed by atoms with Crippen molar-refractivity contribution in [2.75, 3.05) is 25.6 Å². The zero-order chi connectivity index (χ0) is 22.2. The van der Waals surface area contributed by atoms with Gasteiger partial charge in [0, 0.05) is 42.5 Å². The van der Waals surface area contributed by atoms with Crippen molar-refractivity contribution in [2.45, 2.75) is 18.9 Å². The number of anilines is 1. The Kier molecular flexibility index (Phi) is 4.92. The number of nitrogens with zero attached hydrogens (tertiary/aromatic N) is 4. The van der Waals surface area contributed by atoms with E-state index in [9.17, 15) is 0 Å². The number of hydrogen-bond donors (Lipinski definition) is 1. The monoisotopic (exact) mass is 441 g/mol. The van der Waals surface area contributed by atoms with Crippen molar-refractivity contribution in [1.82, 2.24) is 19.5 Å². The quantitative estimate of drug-likeness (QED) is 0.418. The van der Waals surface area contributed by atoms with Crippen molar-refractivity contribution in [3.63, 3.8) is 0 Å². The maximum atomic E-state index is 5.52. The number of ether oxygens (including phenoxy) is 2. The summed E-state index contributed by atoms with van der Waals surface area (Å²) in [5, 5.41) is 4.48. The number of benzene rings is 2. The average molecular weight is 441 g/mol. The molecule has 0 saturated carbocycles. The standard InChI is InChI=1S/C25H23N5O3/c1-31-19-3-4-21-20(15-19)28-24(17-2-5-22-16(14-17)7-13-33-22)30(21)23-6-10-26-25(29-23)27-18-8-11-32-12-9-18/h2-7,10,13-15,18H,8-9,11-12H2,1H3,(H,26,27,29). The minimum atomic E-state index is 0.306. The highest BCUT2D eigenvalue weighted by molar-refractivity contribution is 5.87. The molecule has 0 unspecified atom stereocenters. The molecule has 0 bridgehead atoms. The second-order valence-corrected chi connectivity index (χ2v) is 8.07. The van der Waals surface area contributed by atoms with E-state index in [1.165, 1.54) is 0 Å². The largest absolute Gasteiger partial charge is 0.497 e. The molecule has 1 aliphatic heterocycles. The predicted molar refractivity (Wildman–Crippen MR) is 126 cm³/mol. The van der Waals surface area contributed by atoms with Gasteiger partial charge in [-0.15, -0.1) is 0 Å². The Labute approximate surface area is 190 Å². The summed E-state index contributed by atoms with van der Waals surface area (Å²) in [5.41, 5.74) is 3.58. The molecule has 3 aromatic heterocycles. The van der Waals surface area contributed by atoms with Gasteiger partial charge < -0.3 is 19.2 Å². The van der Waals surface area contributed by atoms with E-state index < -0.39 is 0 Å². The zero-order valence-electron chi connectivity index (χ0n) is 18.2. The van der Waals surface area contributed by atoms with Gasteiger partial charge in [-0.05, 0) is 55.3 Å². The zero-order valence-corrected chi connectivity index (χ0v) is 18.2. The number of hydrogen-bond acceptors (Lipinski definition) is 7. The van der Waals surface area contributed by atoms with Gasteiger partial charge in [-0.3, -0.25) is 4.57 Å². The number of nitrogens with one attached hydrogen (secondary N) is 1. The van der Waals surface area contributed by atoms with Gasteiger partial charge in [0.05, 0.1) is 24.4 Å². The fourth-order valence-corrected chi connectivity index (χ4v) is 4.29. The van der Waals surface area contributed by atoms with Crippen LogP contribution in [0.2, 0.25) is 0 Å². The fourth-order valence-electron chi connectivity index (χ4n) is 4.29. The molecule has 0 aliphatic carbocycles. The van der Waals surface area contributed by atoms with Gasteiger partial charge in [0.15, 0.2) is 0 Å². The normalized spacial score (nSPS) is 14.7. The smallest absolute Gasteiger partial charge is 0.224 e. The maximum Gasteiger partial charge on any atom is 0.224 e. The third-order valence-electron chi connectivity index (χ3n) is 6.00. The number of furan rings is 1. The van der Waals surface area contributed by atoms with Crippen molar-refractivity contribution in [3.05, 3.63) is 61.0 Å². The molecular weight excluding hydrogens is 418 g/mol. The van der Waals surface area contributed by atoms with Crippen LogP contribution in [0.5, 0.6) is 5.75 Å². The van der Waals surface area contributed by atoms with Crippen molar-refractivity contribution in [3.8, 4) is 23.0 Å². The van der Waals surface area contributed by atoms with Crippen LogP contribution in [0.1, 0.15) is 12.8 Å². The number of aromatic nitrogens is 4. The van der Waals surface area contributed by atoms with Crippen molar-refractivity contribution in [2.24, 2.45) is 0 Å². The molecule has 5 aromatic rings. The van der Waals surface area contributed by atoms with E-state index in [1.54, 1.807) is 19.6 Å². The van der Waals surface area contributed by atoms with Crippen molar-refractivity contribution < 1.29 is 13.9 Å². The van der Waals surface area contributed by atoms with Crippen LogP contribution in [0, 0.1) is 0 Å². The molecule has 0 amide bonds. The molecule has 166 valence electrons. The van der Waals surface area contributed by atoms with Gasteiger partial charge in [-0.1, -0.05) is 0 Å². The number of methoxy groups -OCH3 is 1. The van der Waals surface area contributed by atoms with Crippen LogP contribution in [0.25, 0.3) is 39.2 Å². The van der Waals surface area contributed by atoms with Crippen LogP contribution in [0.15, 0.2) is 65.4 Å². The fraction of sp³-hybridized carbons (Fsp3) is 0.240. The summed E-state index contributed by atoms with van der Waals surface area (Å²) >= 11 is 0. The Hall–Kier alpha value is -3.91. The molecule has 1 saturated heterocycles. The van der Waals surface area contributed by atoms with Gasteiger partial charge in [-0.2, -0.15) is 4.98 Å². The first-order valence-corrected chi connectivity index (χ1v) is 11.0. The van der Waals surface area contributed by atoms with Gasteiger partial charge in [-0.25, -0.2) is 9.97 Å². The molecule has 0 spiro atoms. The Bertz CT molecular complexity index is 1430. The van der Waals surface area contributed by atoms with E-state index in [0.29, 0.717) is 12.0 Å². The Morgan fingerprint density at radius 3 is 2.82 bits per heavy atom. The lowest BCUT2D eigenvalue weighted by Crippen LogP contribution is -2.28. The summed E-state index contributed by atoms with van der Waals surface area (Å²) in [7, 11) is 1.66. The van der Waals surface area contributed by atoms with E-state index in [1.807, 2.05) is 42.5 Å². The van der Waals surface area contributed by atoms with E-state index in [-0.39, 0.29) is 0 Å². The highest BCUT2D eigenvalue weighted by Gasteiger charge is 2.19. The molecule has 6 rings (SSSR count). The molecule has 8 nitrogen and oxygen atoms in total. The summed E-state index contributed by atoms with van der Waals surface area (Å²) in [6.07, 6.45) is 5.36. The summed E-state index contributed by atoms with van der Waals surface area (Å²) < 4.78 is 18.5. The highest BCUT2D eigenvalue weighted by atomic mass is 16.5. The number of imidazole rings is 1. The topological polar surface area (TPSA) is 87.2 Å². The molecule has 0 radical (unpaired) electrons. The maximum absolute atomic E-state index is 5.52. The van der Waals surface area contributed by atoms with Gasteiger partial charge in [0.2, 0.25) is 5.95 Å². The Balaban J connectivity index is 1.49. The summed E-state index contributed by atoms with van der Waals surface area (Å²) in [6.45, 7) is 1.51. The molecule has 33 heavy (non-hydrogen) atoms. The minimum Gasteiger partial charge on any atom is -0.497 e. The third-order valence-corrected chi connectivity index (χ3v) is 6.00. The predicted octanol–water partition coefficient (Wildman–Crippen LogP) is 4.83. The van der Waals surface area contributed by atoms with Crippen LogP contribution in [-0.2, 0) is 4.74 Å². The lowest BCUT2D eigenvalue weighted by atomic mass is 10.1. The Morgan fingerprint density at radius 2 is 1.94 bits per heavy atom. The number of fused-ring (bicyclic) bond motifs is 2. The van der Waals surface area contributed by atoms with E-state index in [0.717, 1.165) is 71.0 Å².